The molecule has 1 amide bonds. The molecule has 7 nitrogen and oxygen atoms in total. The second-order valence-corrected chi connectivity index (χ2v) is 6.77. The second-order valence-electron chi connectivity index (χ2n) is 6.77. The van der Waals surface area contributed by atoms with E-state index in [4.69, 9.17) is 9.47 Å². The fourth-order valence-corrected chi connectivity index (χ4v) is 3.17. The van der Waals surface area contributed by atoms with E-state index >= 15 is 0 Å². The molecule has 0 radical (unpaired) electrons. The molecule has 0 saturated heterocycles. The molecule has 2 heterocycles. The Morgan fingerprint density at radius 1 is 1.07 bits per heavy atom. The standard InChI is InChI=1S/C22H21N3O4/c1-15-21(29-19-10-6-5-9-18(19)28-15)22(27)23-11-12-25-14-24-17(13-20(25)26)16-7-3-2-4-8-16/h2-10,13-15,21H,11-12H2,1H3,(H,23,27)/t15-,21-/m0/s1. The third-order valence-corrected chi connectivity index (χ3v) is 4.70. The molecule has 0 unspecified atom stereocenters. The van der Waals surface area contributed by atoms with Crippen LogP contribution >= 0.6 is 0 Å². The van der Waals surface area contributed by atoms with Gasteiger partial charge in [-0.25, -0.2) is 4.98 Å². The van der Waals surface area contributed by atoms with Crippen LogP contribution < -0.4 is 20.3 Å². The van der Waals surface area contributed by atoms with Crippen LogP contribution in [0.5, 0.6) is 11.5 Å². The number of hydrogen-bond acceptors (Lipinski definition) is 5. The minimum atomic E-state index is -0.750. The lowest BCUT2D eigenvalue weighted by Crippen LogP contribution is -2.49. The molecule has 0 fully saturated rings. The molecule has 0 saturated carbocycles. The predicted octanol–water partition coefficient (Wildman–Crippen LogP) is 2.25. The van der Waals surface area contributed by atoms with Crippen LogP contribution in [0, 0.1) is 0 Å². The molecule has 1 aromatic heterocycles. The summed E-state index contributed by atoms with van der Waals surface area (Å²) in [6.45, 7) is 2.38. The normalized spacial score (nSPS) is 17.6. The van der Waals surface area contributed by atoms with E-state index < -0.39 is 12.2 Å². The highest BCUT2D eigenvalue weighted by Gasteiger charge is 2.33. The summed E-state index contributed by atoms with van der Waals surface area (Å²) in [4.78, 5) is 29.2. The number of carbonyl (C=O) groups excluding carboxylic acids is 1. The van der Waals surface area contributed by atoms with E-state index in [2.05, 4.69) is 10.3 Å². The number of para-hydroxylation sites is 2. The molecule has 148 valence electrons. The van der Waals surface area contributed by atoms with E-state index in [1.165, 1.54) is 17.0 Å². The smallest absolute Gasteiger partial charge is 0.265 e. The van der Waals surface area contributed by atoms with Crippen LogP contribution in [-0.2, 0) is 11.3 Å². The molecule has 4 rings (SSSR count). The van der Waals surface area contributed by atoms with Gasteiger partial charge in [0, 0.05) is 24.7 Å². The van der Waals surface area contributed by atoms with Crippen LogP contribution in [0.1, 0.15) is 6.92 Å². The zero-order valence-electron chi connectivity index (χ0n) is 15.9. The number of amides is 1. The van der Waals surface area contributed by atoms with Crippen molar-refractivity contribution in [2.75, 3.05) is 6.54 Å². The molecular formula is C22H21N3O4. The maximum Gasteiger partial charge on any atom is 0.265 e. The monoisotopic (exact) mass is 391 g/mol. The Morgan fingerprint density at radius 2 is 1.76 bits per heavy atom. The van der Waals surface area contributed by atoms with E-state index in [1.54, 1.807) is 19.1 Å². The Bertz CT molecular complexity index is 1060. The molecule has 29 heavy (non-hydrogen) atoms. The van der Waals surface area contributed by atoms with E-state index in [0.717, 1.165) is 5.56 Å². The molecule has 7 heteroatoms. The molecule has 1 aliphatic heterocycles. The number of hydrogen-bond donors (Lipinski definition) is 1. The molecule has 0 aliphatic carbocycles. The van der Waals surface area contributed by atoms with Gasteiger partial charge in [-0.2, -0.15) is 0 Å². The summed E-state index contributed by atoms with van der Waals surface area (Å²) in [5, 5.41) is 2.80. The largest absolute Gasteiger partial charge is 0.482 e. The summed E-state index contributed by atoms with van der Waals surface area (Å²) >= 11 is 0. The van der Waals surface area contributed by atoms with Crippen LogP contribution in [0.4, 0.5) is 0 Å². The number of nitrogens with zero attached hydrogens (tertiary/aromatic N) is 2. The quantitative estimate of drug-likeness (QED) is 0.721. The number of carbonyl (C=O) groups is 1. The Kier molecular flexibility index (Phi) is 5.29. The first-order chi connectivity index (χ1) is 14.1. The highest BCUT2D eigenvalue weighted by Crippen LogP contribution is 2.33. The minimum absolute atomic E-state index is 0.173. The highest BCUT2D eigenvalue weighted by atomic mass is 16.6. The number of rotatable bonds is 5. The van der Waals surface area contributed by atoms with Crippen LogP contribution in [0.25, 0.3) is 11.3 Å². The maximum atomic E-state index is 12.5. The predicted molar refractivity (Wildman–Crippen MR) is 108 cm³/mol. The van der Waals surface area contributed by atoms with Crippen molar-refractivity contribution < 1.29 is 14.3 Å². The van der Waals surface area contributed by atoms with Crippen molar-refractivity contribution >= 4 is 5.91 Å². The number of ether oxygens (including phenoxy) is 2. The summed E-state index contributed by atoms with van der Waals surface area (Å²) in [6, 6.07) is 18.2. The molecule has 0 bridgehead atoms. The number of benzene rings is 2. The van der Waals surface area contributed by atoms with Crippen molar-refractivity contribution in [1.82, 2.24) is 14.9 Å². The summed E-state index contributed by atoms with van der Waals surface area (Å²) in [6.07, 6.45) is 0.329. The topological polar surface area (TPSA) is 82.4 Å². The van der Waals surface area contributed by atoms with Gasteiger partial charge in [0.15, 0.2) is 11.5 Å². The average molecular weight is 391 g/mol. The van der Waals surface area contributed by atoms with Gasteiger partial charge in [0.1, 0.15) is 6.10 Å². The lowest BCUT2D eigenvalue weighted by Gasteiger charge is -2.31. The minimum Gasteiger partial charge on any atom is -0.482 e. The van der Waals surface area contributed by atoms with Crippen molar-refractivity contribution in [3.63, 3.8) is 0 Å². The second kappa shape index (κ2) is 8.18. The third-order valence-electron chi connectivity index (χ3n) is 4.70. The molecule has 0 spiro atoms. The van der Waals surface area contributed by atoms with Gasteiger partial charge in [-0.05, 0) is 19.1 Å². The van der Waals surface area contributed by atoms with Crippen molar-refractivity contribution in [3.8, 4) is 22.8 Å². The Labute approximate surface area is 167 Å². The fraction of sp³-hybridized carbons (Fsp3) is 0.227. The molecule has 1 aliphatic rings. The van der Waals surface area contributed by atoms with Gasteiger partial charge in [-0.15, -0.1) is 0 Å². The average Bonchev–Trinajstić information content (AvgIpc) is 2.75. The van der Waals surface area contributed by atoms with Crippen molar-refractivity contribution in [1.29, 1.82) is 0 Å². The first-order valence-corrected chi connectivity index (χ1v) is 9.44. The van der Waals surface area contributed by atoms with E-state index in [1.807, 2.05) is 42.5 Å². The van der Waals surface area contributed by atoms with Crippen LogP contribution in [-0.4, -0.2) is 34.2 Å². The van der Waals surface area contributed by atoms with Crippen LogP contribution in [0.3, 0.4) is 0 Å². The fourth-order valence-electron chi connectivity index (χ4n) is 3.17. The van der Waals surface area contributed by atoms with E-state index in [0.29, 0.717) is 23.7 Å². The van der Waals surface area contributed by atoms with Crippen LogP contribution in [0.15, 0.2) is 71.8 Å². The third kappa shape index (κ3) is 4.13. The van der Waals surface area contributed by atoms with Crippen LogP contribution in [0.2, 0.25) is 0 Å². The molecule has 3 aromatic rings. The number of aromatic nitrogens is 2. The molecular weight excluding hydrogens is 370 g/mol. The van der Waals surface area contributed by atoms with E-state index in [9.17, 15) is 9.59 Å². The first kappa shape index (κ1) is 18.7. The Hall–Kier alpha value is -3.61. The van der Waals surface area contributed by atoms with Gasteiger partial charge < -0.3 is 14.8 Å². The summed E-state index contributed by atoms with van der Waals surface area (Å²) in [7, 11) is 0. The van der Waals surface area contributed by atoms with Gasteiger partial charge >= 0.3 is 0 Å². The maximum absolute atomic E-state index is 12.5. The van der Waals surface area contributed by atoms with Gasteiger partial charge in [-0.1, -0.05) is 42.5 Å². The zero-order chi connectivity index (χ0) is 20.2. The Morgan fingerprint density at radius 3 is 2.48 bits per heavy atom. The SMILES string of the molecule is C[C@@H]1Oc2ccccc2O[C@@H]1C(=O)NCCn1cnc(-c2ccccc2)cc1=O. The van der Waals surface area contributed by atoms with Gasteiger partial charge in [-0.3, -0.25) is 14.2 Å². The Balaban J connectivity index is 1.35. The molecule has 2 aromatic carbocycles. The summed E-state index contributed by atoms with van der Waals surface area (Å²) in [5.74, 6) is 0.886. The zero-order valence-corrected chi connectivity index (χ0v) is 15.9. The van der Waals surface area contributed by atoms with Gasteiger partial charge in [0.2, 0.25) is 6.10 Å². The van der Waals surface area contributed by atoms with Gasteiger partial charge in [0.05, 0.1) is 12.0 Å². The summed E-state index contributed by atoms with van der Waals surface area (Å²) < 4.78 is 13.0. The molecule has 2 atom stereocenters. The van der Waals surface area contributed by atoms with E-state index in [-0.39, 0.29) is 18.0 Å². The summed E-state index contributed by atoms with van der Waals surface area (Å²) in [5.41, 5.74) is 1.33. The van der Waals surface area contributed by atoms with Crippen molar-refractivity contribution in [2.24, 2.45) is 0 Å². The van der Waals surface area contributed by atoms with Crippen molar-refractivity contribution in [3.05, 3.63) is 77.3 Å². The first-order valence-electron chi connectivity index (χ1n) is 9.44. The lowest BCUT2D eigenvalue weighted by atomic mass is 10.1. The highest BCUT2D eigenvalue weighted by molar-refractivity contribution is 5.82. The lowest BCUT2D eigenvalue weighted by molar-refractivity contribution is -0.133. The van der Waals surface area contributed by atoms with Gasteiger partial charge in [0.25, 0.3) is 11.5 Å². The number of fused-ring (bicyclic) bond motifs is 1. The molecule has 1 N–H and O–H groups in total. The number of nitrogens with one attached hydrogen (secondary N) is 1. The van der Waals surface area contributed by atoms with Crippen molar-refractivity contribution in [2.45, 2.75) is 25.7 Å².